The van der Waals surface area contributed by atoms with Crippen LogP contribution in [0.15, 0.2) is 279 Å². The van der Waals surface area contributed by atoms with E-state index in [-0.39, 0.29) is 13.4 Å². The average Bonchev–Trinajstić information content (AvgIpc) is 2.21. The number of benzene rings is 12. The molecule has 82 heavy (non-hydrogen) atoms. The number of para-hydroxylation sites is 6. The highest BCUT2D eigenvalue weighted by molar-refractivity contribution is 8.00. The summed E-state index contributed by atoms with van der Waals surface area (Å²) in [4.78, 5) is 9.77. The van der Waals surface area contributed by atoms with Crippen molar-refractivity contribution < 1.29 is 18.3 Å². The molecule has 0 saturated heterocycles. The minimum atomic E-state index is -0.151. The maximum atomic E-state index is 7.13. The van der Waals surface area contributed by atoms with Crippen molar-refractivity contribution in [2.45, 2.75) is 9.79 Å². The van der Waals surface area contributed by atoms with Gasteiger partial charge < -0.3 is 33.0 Å². The van der Waals surface area contributed by atoms with Crippen LogP contribution in [-0.4, -0.2) is 13.4 Å². The molecular weight excluding hydrogens is 1020 g/mol. The molecule has 10 heteroatoms. The van der Waals surface area contributed by atoms with Crippen LogP contribution in [0, 0.1) is 0 Å². The summed E-state index contributed by atoms with van der Waals surface area (Å²) in [5.41, 5.74) is 20.4. The Labute approximate surface area is 477 Å². The van der Waals surface area contributed by atoms with E-state index in [1.54, 1.807) is 0 Å². The van der Waals surface area contributed by atoms with Crippen LogP contribution in [0.2, 0.25) is 0 Å². The van der Waals surface area contributed by atoms with Gasteiger partial charge in [-0.15, -0.1) is 0 Å². The number of fused-ring (bicyclic) bond motifs is 14. The van der Waals surface area contributed by atoms with Crippen LogP contribution in [0.5, 0.6) is 23.0 Å². The Morgan fingerprint density at radius 3 is 1.29 bits per heavy atom. The fourth-order valence-electron chi connectivity index (χ4n) is 13.6. The SMILES string of the molecule is c1ccc(N2c3cc4c(cc3B3c5ccccc5Sc5cc(Oc6ccc7c(c6)oc6ccccc67)cc2c53)B2c3ccccc3N(c3ccccc3)c3cc(Oc5ccc6c(c5)oc5ccccc56)cc(c32)N4c2ccccc2)cc1. The van der Waals surface area contributed by atoms with Crippen LogP contribution in [0.25, 0.3) is 43.9 Å². The summed E-state index contributed by atoms with van der Waals surface area (Å²) in [5, 5.41) is 4.28. The Morgan fingerprint density at radius 1 is 0.280 bits per heavy atom. The average molecular weight is 1070 g/mol. The number of hydrogen-bond donors (Lipinski definition) is 0. The van der Waals surface area contributed by atoms with Crippen LogP contribution in [-0.2, 0) is 0 Å². The standard InChI is InChI=1S/C72H43B2N3O4S/c1-4-18-44(19-5-1)75-59-28-14-12-26-55(59)73-57-42-58-61(43-60(57)76(45-20-6-2-7-21-45)63-37-49(36-62(75)71(63)73)78-47-32-34-53-51-24-10-15-29-65(51)80-67(53)39-47)77(46-22-8-3-9-23-46)64-38-50(41-70-72(64)74(58)56-27-13-17-31-69(56)82-70)79-48-33-35-54-52-25-11-16-30-66(52)81-68(54)40-48/h1-43H. The molecule has 18 rings (SSSR count). The van der Waals surface area contributed by atoms with Gasteiger partial charge in [-0.05, 0) is 124 Å². The van der Waals surface area contributed by atoms with Crippen LogP contribution < -0.4 is 57.0 Å². The number of rotatable bonds is 7. The van der Waals surface area contributed by atoms with Crippen molar-refractivity contribution in [2.24, 2.45) is 0 Å². The van der Waals surface area contributed by atoms with Gasteiger partial charge in [0.15, 0.2) is 0 Å². The molecule has 2 aromatic heterocycles. The van der Waals surface area contributed by atoms with Gasteiger partial charge in [0.1, 0.15) is 45.3 Å². The van der Waals surface area contributed by atoms with E-state index >= 15 is 0 Å². The largest absolute Gasteiger partial charge is 0.457 e. The molecule has 12 aromatic carbocycles. The zero-order valence-corrected chi connectivity index (χ0v) is 44.7. The Kier molecular flexibility index (Phi) is 9.79. The second kappa shape index (κ2) is 17.6. The van der Waals surface area contributed by atoms with E-state index < -0.39 is 0 Å². The first-order valence-electron chi connectivity index (χ1n) is 27.8. The lowest BCUT2D eigenvalue weighted by molar-refractivity contribution is 0.481. The van der Waals surface area contributed by atoms with Gasteiger partial charge in [-0.1, -0.05) is 151 Å². The number of nitrogens with zero attached hydrogens (tertiary/aromatic N) is 3. The number of ether oxygens (including phenoxy) is 2. The van der Waals surface area contributed by atoms with Crippen molar-refractivity contribution in [2.75, 3.05) is 14.7 Å². The second-order valence-electron chi connectivity index (χ2n) is 21.5. The molecule has 0 saturated carbocycles. The first-order valence-corrected chi connectivity index (χ1v) is 28.6. The first kappa shape index (κ1) is 45.6. The van der Waals surface area contributed by atoms with E-state index in [0.29, 0.717) is 17.2 Å². The quantitative estimate of drug-likeness (QED) is 0.146. The summed E-state index contributed by atoms with van der Waals surface area (Å²) in [6.07, 6.45) is 0. The van der Waals surface area contributed by atoms with Crippen molar-refractivity contribution in [3.05, 3.63) is 261 Å². The van der Waals surface area contributed by atoms with Gasteiger partial charge in [0.05, 0.1) is 0 Å². The third kappa shape index (κ3) is 6.82. The minimum Gasteiger partial charge on any atom is -0.457 e. The Morgan fingerprint density at radius 2 is 0.720 bits per heavy atom. The Bertz CT molecular complexity index is 4970. The summed E-state index contributed by atoms with van der Waals surface area (Å²) < 4.78 is 26.9. The maximum absolute atomic E-state index is 7.13. The second-order valence-corrected chi connectivity index (χ2v) is 22.6. The van der Waals surface area contributed by atoms with Crippen molar-refractivity contribution in [3.8, 4) is 23.0 Å². The molecular formula is C72H43B2N3O4S. The third-order valence-corrected chi connectivity index (χ3v) is 18.1. The highest BCUT2D eigenvalue weighted by Crippen LogP contribution is 2.50. The molecule has 14 aromatic rings. The molecule has 0 N–H and O–H groups in total. The van der Waals surface area contributed by atoms with Gasteiger partial charge in [-0.3, -0.25) is 0 Å². The van der Waals surface area contributed by atoms with Gasteiger partial charge >= 0.3 is 0 Å². The molecule has 0 fully saturated rings. The lowest BCUT2D eigenvalue weighted by Crippen LogP contribution is -2.64. The van der Waals surface area contributed by atoms with Gasteiger partial charge in [0.2, 0.25) is 6.71 Å². The molecule has 4 aliphatic rings. The van der Waals surface area contributed by atoms with Crippen molar-refractivity contribution in [1.82, 2.24) is 0 Å². The first-order chi connectivity index (χ1) is 40.6. The molecule has 6 heterocycles. The summed E-state index contributed by atoms with van der Waals surface area (Å²) in [5.74, 6) is 2.86. The van der Waals surface area contributed by atoms with Crippen molar-refractivity contribution >= 4 is 153 Å². The summed E-state index contributed by atoms with van der Waals surface area (Å²) in [7, 11) is 0. The predicted octanol–water partition coefficient (Wildman–Crippen LogP) is 15.9. The van der Waals surface area contributed by atoms with Gasteiger partial charge in [0, 0.05) is 113 Å². The van der Waals surface area contributed by atoms with Gasteiger partial charge in [-0.2, -0.15) is 0 Å². The molecule has 0 amide bonds. The highest BCUT2D eigenvalue weighted by atomic mass is 32.2. The molecule has 7 nitrogen and oxygen atoms in total. The monoisotopic (exact) mass is 1070 g/mol. The van der Waals surface area contributed by atoms with Crippen LogP contribution in [0.1, 0.15) is 0 Å². The van der Waals surface area contributed by atoms with Gasteiger partial charge in [-0.25, -0.2) is 0 Å². The van der Waals surface area contributed by atoms with E-state index in [9.17, 15) is 0 Å². The van der Waals surface area contributed by atoms with Crippen LogP contribution >= 0.6 is 11.8 Å². The topological polar surface area (TPSA) is 54.5 Å². The number of anilines is 9. The van der Waals surface area contributed by atoms with Crippen molar-refractivity contribution in [3.63, 3.8) is 0 Å². The fourth-order valence-corrected chi connectivity index (χ4v) is 14.8. The maximum Gasteiger partial charge on any atom is 0.252 e. The van der Waals surface area contributed by atoms with E-state index in [1.165, 1.54) is 37.7 Å². The zero-order chi connectivity index (χ0) is 53.6. The zero-order valence-electron chi connectivity index (χ0n) is 43.9. The van der Waals surface area contributed by atoms with Crippen LogP contribution in [0.4, 0.5) is 51.2 Å². The molecule has 382 valence electrons. The number of furan rings is 2. The predicted molar refractivity (Wildman–Crippen MR) is 338 cm³/mol. The summed E-state index contributed by atoms with van der Waals surface area (Å²) >= 11 is 1.82. The normalized spacial score (nSPS) is 13.4. The van der Waals surface area contributed by atoms with E-state index in [0.717, 1.165) is 106 Å². The van der Waals surface area contributed by atoms with Crippen LogP contribution in [0.3, 0.4) is 0 Å². The molecule has 0 aliphatic carbocycles. The fraction of sp³-hybridized carbons (Fsp3) is 0. The summed E-state index contributed by atoms with van der Waals surface area (Å²) in [6, 6.07) is 93.1. The van der Waals surface area contributed by atoms with Crippen molar-refractivity contribution in [1.29, 1.82) is 0 Å². The molecule has 0 atom stereocenters. The molecule has 0 unspecified atom stereocenters. The number of hydrogen-bond acceptors (Lipinski definition) is 8. The van der Waals surface area contributed by atoms with E-state index in [2.05, 4.69) is 239 Å². The molecule has 0 bridgehead atoms. The minimum absolute atomic E-state index is 0.0887. The molecule has 0 radical (unpaired) electrons. The Hall–Kier alpha value is -10.3. The smallest absolute Gasteiger partial charge is 0.252 e. The highest BCUT2D eigenvalue weighted by Gasteiger charge is 2.48. The summed E-state index contributed by atoms with van der Waals surface area (Å²) in [6.45, 7) is -0.240. The van der Waals surface area contributed by atoms with E-state index in [4.69, 9.17) is 18.3 Å². The van der Waals surface area contributed by atoms with E-state index in [1.807, 2.05) is 48.2 Å². The third-order valence-electron chi connectivity index (χ3n) is 16.9. The molecule has 4 aliphatic heterocycles. The van der Waals surface area contributed by atoms with Gasteiger partial charge in [0.25, 0.3) is 6.71 Å². The lowest BCUT2D eigenvalue weighted by Gasteiger charge is -2.46. The lowest BCUT2D eigenvalue weighted by atomic mass is 9.30. The Balaban J connectivity index is 0.878. The molecule has 0 spiro atoms.